The van der Waals surface area contributed by atoms with E-state index in [9.17, 15) is 13.6 Å². The molecule has 152 valence electrons. The van der Waals surface area contributed by atoms with Gasteiger partial charge in [0.2, 0.25) is 0 Å². The van der Waals surface area contributed by atoms with Crippen molar-refractivity contribution >= 4 is 45.0 Å². The van der Waals surface area contributed by atoms with Gasteiger partial charge in [0, 0.05) is 31.4 Å². The normalized spacial score (nSPS) is 11.1. The van der Waals surface area contributed by atoms with Gasteiger partial charge < -0.3 is 4.90 Å². The standard InChI is InChI=1S/C18H21F2N5OS.ClH/c1-11-10-24(4)22-15(11)17(26)25(7-5-6-23(2)3)18-21-16-13(20)8-12(19)9-14(16)27-18;/h8-10H,5-7H2,1-4H3;1H. The maximum absolute atomic E-state index is 14.1. The summed E-state index contributed by atoms with van der Waals surface area (Å²) in [5, 5.41) is 4.58. The van der Waals surface area contributed by atoms with Crippen LogP contribution in [0.5, 0.6) is 0 Å². The van der Waals surface area contributed by atoms with Crippen LogP contribution in [0.15, 0.2) is 18.3 Å². The Hall–Kier alpha value is -2.10. The first kappa shape index (κ1) is 22.2. The fourth-order valence-corrected chi connectivity index (χ4v) is 3.87. The molecule has 10 heteroatoms. The van der Waals surface area contributed by atoms with E-state index in [1.807, 2.05) is 25.9 Å². The van der Waals surface area contributed by atoms with E-state index in [4.69, 9.17) is 0 Å². The highest BCUT2D eigenvalue weighted by molar-refractivity contribution is 7.22. The van der Waals surface area contributed by atoms with Gasteiger partial charge in [-0.1, -0.05) is 11.3 Å². The summed E-state index contributed by atoms with van der Waals surface area (Å²) < 4.78 is 29.5. The van der Waals surface area contributed by atoms with Gasteiger partial charge in [-0.05, 0) is 40.1 Å². The highest BCUT2D eigenvalue weighted by Crippen LogP contribution is 2.32. The van der Waals surface area contributed by atoms with E-state index in [1.54, 1.807) is 17.9 Å². The number of hydrogen-bond donors (Lipinski definition) is 0. The third kappa shape index (κ3) is 4.65. The lowest BCUT2D eigenvalue weighted by atomic mass is 10.2. The second-order valence-electron chi connectivity index (χ2n) is 6.68. The van der Waals surface area contributed by atoms with Crippen LogP contribution in [0.25, 0.3) is 10.2 Å². The van der Waals surface area contributed by atoms with Crippen molar-refractivity contribution in [1.82, 2.24) is 19.7 Å². The molecule has 1 aromatic carbocycles. The Morgan fingerprint density at radius 3 is 2.57 bits per heavy atom. The monoisotopic (exact) mass is 429 g/mol. The van der Waals surface area contributed by atoms with E-state index in [0.717, 1.165) is 29.5 Å². The van der Waals surface area contributed by atoms with Crippen LogP contribution in [0, 0.1) is 18.6 Å². The first-order valence-corrected chi connectivity index (χ1v) is 9.30. The topological polar surface area (TPSA) is 54.3 Å². The van der Waals surface area contributed by atoms with E-state index in [2.05, 4.69) is 10.1 Å². The summed E-state index contributed by atoms with van der Waals surface area (Å²) in [6, 6.07) is 2.03. The molecular weight excluding hydrogens is 408 g/mol. The second-order valence-corrected chi connectivity index (χ2v) is 7.69. The second kappa shape index (κ2) is 8.93. The first-order valence-electron chi connectivity index (χ1n) is 8.48. The summed E-state index contributed by atoms with van der Waals surface area (Å²) in [5.74, 6) is -1.70. The molecule has 3 aromatic rings. The smallest absolute Gasteiger partial charge is 0.280 e. The summed E-state index contributed by atoms with van der Waals surface area (Å²) in [7, 11) is 5.64. The number of rotatable bonds is 6. The zero-order valence-electron chi connectivity index (χ0n) is 16.1. The number of aryl methyl sites for hydroxylation is 2. The molecule has 0 radical (unpaired) electrons. The molecule has 28 heavy (non-hydrogen) atoms. The van der Waals surface area contributed by atoms with Crippen LogP contribution in [-0.2, 0) is 7.05 Å². The van der Waals surface area contributed by atoms with E-state index >= 15 is 0 Å². The number of amides is 1. The fraction of sp³-hybridized carbons (Fsp3) is 0.389. The Balaban J connectivity index is 0.00000280. The molecule has 2 aromatic heterocycles. The van der Waals surface area contributed by atoms with Gasteiger partial charge in [-0.25, -0.2) is 13.8 Å². The minimum Gasteiger partial charge on any atom is -0.309 e. The third-order valence-electron chi connectivity index (χ3n) is 4.08. The van der Waals surface area contributed by atoms with Gasteiger partial charge in [0.25, 0.3) is 5.91 Å². The van der Waals surface area contributed by atoms with Crippen LogP contribution in [0.3, 0.4) is 0 Å². The van der Waals surface area contributed by atoms with Crippen molar-refractivity contribution in [3.63, 3.8) is 0 Å². The van der Waals surface area contributed by atoms with Crippen LogP contribution in [0.1, 0.15) is 22.5 Å². The van der Waals surface area contributed by atoms with Gasteiger partial charge in [0.1, 0.15) is 11.3 Å². The molecule has 0 saturated heterocycles. The minimum atomic E-state index is -0.734. The Labute approximate surface area is 172 Å². The van der Waals surface area contributed by atoms with Crippen molar-refractivity contribution in [3.8, 4) is 0 Å². The summed E-state index contributed by atoms with van der Waals surface area (Å²) in [4.78, 5) is 20.9. The van der Waals surface area contributed by atoms with Crippen molar-refractivity contribution in [2.75, 3.05) is 32.1 Å². The maximum Gasteiger partial charge on any atom is 0.280 e. The lowest BCUT2D eigenvalue weighted by Crippen LogP contribution is -2.34. The van der Waals surface area contributed by atoms with Crippen LogP contribution < -0.4 is 4.90 Å². The van der Waals surface area contributed by atoms with Crippen molar-refractivity contribution in [3.05, 3.63) is 41.2 Å². The molecule has 3 rings (SSSR count). The summed E-state index contributed by atoms with van der Waals surface area (Å²) >= 11 is 1.09. The molecule has 0 N–H and O–H groups in total. The molecule has 0 saturated carbocycles. The minimum absolute atomic E-state index is 0. The number of carbonyl (C=O) groups is 1. The van der Waals surface area contributed by atoms with Crippen molar-refractivity contribution in [1.29, 1.82) is 0 Å². The molecular formula is C18H22ClF2N5OS. The molecule has 0 atom stereocenters. The number of anilines is 1. The van der Waals surface area contributed by atoms with Gasteiger partial charge in [-0.2, -0.15) is 5.10 Å². The number of hydrogen-bond acceptors (Lipinski definition) is 5. The highest BCUT2D eigenvalue weighted by atomic mass is 35.5. The number of fused-ring (bicyclic) bond motifs is 1. The summed E-state index contributed by atoms with van der Waals surface area (Å²) in [6.45, 7) is 2.99. The van der Waals surface area contributed by atoms with E-state index in [0.29, 0.717) is 28.5 Å². The van der Waals surface area contributed by atoms with Crippen LogP contribution in [-0.4, -0.2) is 52.8 Å². The molecule has 0 aliphatic rings. The number of thiazole rings is 1. The lowest BCUT2D eigenvalue weighted by molar-refractivity contribution is 0.0980. The van der Waals surface area contributed by atoms with Crippen LogP contribution >= 0.6 is 23.7 Å². The average Bonchev–Trinajstić information content (AvgIpc) is 3.13. The molecule has 0 spiro atoms. The van der Waals surface area contributed by atoms with Gasteiger partial charge in [0.05, 0.1) is 4.70 Å². The van der Waals surface area contributed by atoms with Gasteiger partial charge in [-0.15, -0.1) is 12.4 Å². The van der Waals surface area contributed by atoms with E-state index in [-0.39, 0.29) is 23.8 Å². The van der Waals surface area contributed by atoms with Crippen molar-refractivity contribution in [2.45, 2.75) is 13.3 Å². The fourth-order valence-electron chi connectivity index (χ4n) is 2.84. The first-order chi connectivity index (χ1) is 12.8. The lowest BCUT2D eigenvalue weighted by Gasteiger charge is -2.20. The Morgan fingerprint density at radius 1 is 1.25 bits per heavy atom. The SMILES string of the molecule is Cc1cn(C)nc1C(=O)N(CCCN(C)C)c1nc2c(F)cc(F)cc2s1.Cl. The van der Waals surface area contributed by atoms with Crippen molar-refractivity contribution in [2.24, 2.45) is 7.05 Å². The zero-order valence-corrected chi connectivity index (χ0v) is 17.7. The third-order valence-corrected chi connectivity index (χ3v) is 5.10. The molecule has 0 fully saturated rings. The van der Waals surface area contributed by atoms with E-state index in [1.165, 1.54) is 11.0 Å². The molecule has 2 heterocycles. The Kier molecular flexibility index (Phi) is 7.08. The summed E-state index contributed by atoms with van der Waals surface area (Å²) in [6.07, 6.45) is 2.47. The predicted molar refractivity (Wildman–Crippen MR) is 110 cm³/mol. The number of carbonyl (C=O) groups excluding carboxylic acids is 1. The molecule has 0 bridgehead atoms. The largest absolute Gasteiger partial charge is 0.309 e. The number of halogens is 3. The summed E-state index contributed by atoms with van der Waals surface area (Å²) in [5.41, 5.74) is 1.14. The Morgan fingerprint density at radius 2 is 1.96 bits per heavy atom. The van der Waals surface area contributed by atoms with Gasteiger partial charge in [-0.3, -0.25) is 14.4 Å². The van der Waals surface area contributed by atoms with Crippen molar-refractivity contribution < 1.29 is 13.6 Å². The van der Waals surface area contributed by atoms with Gasteiger partial charge >= 0.3 is 0 Å². The quantitative estimate of drug-likeness (QED) is 0.600. The Bertz CT molecular complexity index is 988. The molecule has 1 amide bonds. The molecule has 0 unspecified atom stereocenters. The molecule has 0 aliphatic carbocycles. The predicted octanol–water partition coefficient (Wildman–Crippen LogP) is 3.64. The highest BCUT2D eigenvalue weighted by Gasteiger charge is 2.25. The van der Waals surface area contributed by atoms with Gasteiger partial charge in [0.15, 0.2) is 16.6 Å². The van der Waals surface area contributed by atoms with E-state index < -0.39 is 11.6 Å². The molecule has 6 nitrogen and oxygen atoms in total. The van der Waals surface area contributed by atoms with Crippen LogP contribution in [0.2, 0.25) is 0 Å². The number of benzene rings is 1. The maximum atomic E-state index is 14.1. The average molecular weight is 430 g/mol. The number of nitrogens with zero attached hydrogens (tertiary/aromatic N) is 5. The molecule has 0 aliphatic heterocycles. The number of aromatic nitrogens is 3. The van der Waals surface area contributed by atoms with Crippen LogP contribution in [0.4, 0.5) is 13.9 Å². The zero-order chi connectivity index (χ0) is 19.7.